The molecule has 0 N–H and O–H groups in total. The number of hydrogen-bond donors (Lipinski definition) is 0. The van der Waals surface area contributed by atoms with Gasteiger partial charge in [0.25, 0.3) is 0 Å². The Bertz CT molecular complexity index is 588. The number of aryl methyl sites for hydroxylation is 1. The van der Waals surface area contributed by atoms with E-state index in [2.05, 4.69) is 0 Å². The molecule has 0 amide bonds. The third kappa shape index (κ3) is 3.36. The number of allylic oxidation sites excluding steroid dienone is 4. The molecule has 2 unspecified atom stereocenters. The highest BCUT2D eigenvalue weighted by Gasteiger charge is 2.37. The Kier molecular flexibility index (Phi) is 4.26. The van der Waals surface area contributed by atoms with E-state index in [0.717, 1.165) is 0 Å². The highest BCUT2D eigenvalue weighted by Crippen LogP contribution is 2.39. The first-order chi connectivity index (χ1) is 9.70. The molecule has 21 heavy (non-hydrogen) atoms. The van der Waals surface area contributed by atoms with Gasteiger partial charge in [-0.15, -0.1) is 0 Å². The van der Waals surface area contributed by atoms with Gasteiger partial charge in [0.05, 0.1) is 0 Å². The largest absolute Gasteiger partial charge is 0.239 e. The van der Waals surface area contributed by atoms with Crippen molar-refractivity contribution in [3.63, 3.8) is 0 Å². The molecule has 4 heteroatoms. The van der Waals surface area contributed by atoms with Crippen molar-refractivity contribution in [1.29, 1.82) is 0 Å². The summed E-state index contributed by atoms with van der Waals surface area (Å²) in [7, 11) is 0. The molecule has 0 fully saturated rings. The topological polar surface area (TPSA) is 0 Å². The number of hydrogen-bond acceptors (Lipinski definition) is 0. The minimum Gasteiger partial charge on any atom is -0.239 e. The Morgan fingerprint density at radius 3 is 2.19 bits per heavy atom. The molecule has 0 nitrogen and oxygen atoms in total. The standard InChI is InChI=1S/C17H18F4/c1-10-6-16(20)13(17(3,21)9-10)5-4-12-7-14(18)11(2)15(19)8-12/h6-9,13H,4-5H2,1-3H3. The van der Waals surface area contributed by atoms with E-state index in [-0.39, 0.29) is 18.4 Å². The lowest BCUT2D eigenvalue weighted by Gasteiger charge is -2.30. The predicted octanol–water partition coefficient (Wildman–Crippen LogP) is 5.36. The average Bonchev–Trinajstić information content (AvgIpc) is 2.33. The fourth-order valence-corrected chi connectivity index (χ4v) is 2.75. The Balaban J connectivity index is 2.15. The second-order valence-electron chi connectivity index (χ2n) is 5.84. The van der Waals surface area contributed by atoms with Crippen molar-refractivity contribution in [2.75, 3.05) is 0 Å². The van der Waals surface area contributed by atoms with Crippen LogP contribution in [-0.4, -0.2) is 5.67 Å². The van der Waals surface area contributed by atoms with Crippen molar-refractivity contribution >= 4 is 0 Å². The highest BCUT2D eigenvalue weighted by atomic mass is 19.2. The Morgan fingerprint density at radius 2 is 1.67 bits per heavy atom. The van der Waals surface area contributed by atoms with Gasteiger partial charge in [-0.25, -0.2) is 17.6 Å². The van der Waals surface area contributed by atoms with Gasteiger partial charge in [-0.1, -0.05) is 0 Å². The van der Waals surface area contributed by atoms with Crippen LogP contribution in [0.5, 0.6) is 0 Å². The first kappa shape index (κ1) is 15.8. The number of halogens is 4. The van der Waals surface area contributed by atoms with E-state index in [1.807, 2.05) is 0 Å². The molecule has 0 saturated heterocycles. The summed E-state index contributed by atoms with van der Waals surface area (Å²) in [5.74, 6) is -2.71. The Labute approximate surface area is 122 Å². The van der Waals surface area contributed by atoms with Crippen LogP contribution in [0.2, 0.25) is 0 Å². The fourth-order valence-electron chi connectivity index (χ4n) is 2.75. The summed E-state index contributed by atoms with van der Waals surface area (Å²) in [5, 5.41) is 0. The zero-order valence-corrected chi connectivity index (χ0v) is 12.3. The van der Waals surface area contributed by atoms with Gasteiger partial charge < -0.3 is 0 Å². The molecule has 0 heterocycles. The number of benzene rings is 1. The summed E-state index contributed by atoms with van der Waals surface area (Å²) in [4.78, 5) is 0. The van der Waals surface area contributed by atoms with Gasteiger partial charge in [-0.3, -0.25) is 0 Å². The maximum absolute atomic E-state index is 14.5. The first-order valence-corrected chi connectivity index (χ1v) is 6.90. The molecule has 114 valence electrons. The van der Waals surface area contributed by atoms with Crippen LogP contribution in [0.3, 0.4) is 0 Å². The normalized spacial score (nSPS) is 25.6. The van der Waals surface area contributed by atoms with Gasteiger partial charge in [0, 0.05) is 11.5 Å². The van der Waals surface area contributed by atoms with Crippen molar-refractivity contribution in [2.45, 2.75) is 39.3 Å². The van der Waals surface area contributed by atoms with Gasteiger partial charge in [0.1, 0.15) is 23.1 Å². The fraction of sp³-hybridized carbons (Fsp3) is 0.412. The van der Waals surface area contributed by atoms with Crippen LogP contribution in [0.1, 0.15) is 31.4 Å². The lowest BCUT2D eigenvalue weighted by Crippen LogP contribution is -2.31. The average molecular weight is 298 g/mol. The summed E-state index contributed by atoms with van der Waals surface area (Å²) in [5.41, 5.74) is -0.881. The summed E-state index contributed by atoms with van der Waals surface area (Å²) in [6.45, 7) is 4.31. The zero-order valence-electron chi connectivity index (χ0n) is 12.3. The van der Waals surface area contributed by atoms with Crippen molar-refractivity contribution in [2.24, 2.45) is 5.92 Å². The molecule has 0 aliphatic heterocycles. The van der Waals surface area contributed by atoms with Gasteiger partial charge in [0.2, 0.25) is 0 Å². The minimum absolute atomic E-state index is 0.0450. The maximum Gasteiger partial charge on any atom is 0.136 e. The van der Waals surface area contributed by atoms with Crippen LogP contribution in [0.4, 0.5) is 17.6 Å². The van der Waals surface area contributed by atoms with E-state index in [1.54, 1.807) is 6.92 Å². The lowest BCUT2D eigenvalue weighted by atomic mass is 9.80. The summed E-state index contributed by atoms with van der Waals surface area (Å²) >= 11 is 0. The molecule has 0 spiro atoms. The van der Waals surface area contributed by atoms with E-state index in [0.29, 0.717) is 11.1 Å². The van der Waals surface area contributed by atoms with Crippen molar-refractivity contribution < 1.29 is 17.6 Å². The summed E-state index contributed by atoms with van der Waals surface area (Å²) in [6, 6.07) is 2.44. The second kappa shape index (κ2) is 5.66. The SMILES string of the molecule is CC1=CC(C)(F)C(CCc2cc(F)c(C)c(F)c2)C(F)=C1. The van der Waals surface area contributed by atoms with Crippen LogP contribution < -0.4 is 0 Å². The molecular weight excluding hydrogens is 280 g/mol. The van der Waals surface area contributed by atoms with E-state index >= 15 is 0 Å². The van der Waals surface area contributed by atoms with Crippen LogP contribution in [-0.2, 0) is 6.42 Å². The van der Waals surface area contributed by atoms with Gasteiger partial charge in [-0.2, -0.15) is 0 Å². The second-order valence-corrected chi connectivity index (χ2v) is 5.84. The molecule has 1 aliphatic rings. The monoisotopic (exact) mass is 298 g/mol. The molecule has 0 bridgehead atoms. The third-order valence-electron chi connectivity index (χ3n) is 3.95. The van der Waals surface area contributed by atoms with Crippen molar-refractivity contribution in [3.05, 3.63) is 58.4 Å². The predicted molar refractivity (Wildman–Crippen MR) is 75.4 cm³/mol. The number of rotatable bonds is 3. The Hall–Kier alpha value is -1.58. The minimum atomic E-state index is -1.79. The van der Waals surface area contributed by atoms with Crippen LogP contribution >= 0.6 is 0 Å². The lowest BCUT2D eigenvalue weighted by molar-refractivity contribution is 0.152. The van der Waals surface area contributed by atoms with E-state index < -0.39 is 29.0 Å². The molecular formula is C17H18F4. The van der Waals surface area contributed by atoms with E-state index in [4.69, 9.17) is 0 Å². The third-order valence-corrected chi connectivity index (χ3v) is 3.95. The molecule has 1 aromatic rings. The molecule has 0 aromatic heterocycles. The molecule has 0 radical (unpaired) electrons. The zero-order chi connectivity index (χ0) is 15.8. The highest BCUT2D eigenvalue weighted by molar-refractivity contribution is 5.32. The van der Waals surface area contributed by atoms with Gasteiger partial charge in [-0.05, 0) is 69.0 Å². The van der Waals surface area contributed by atoms with Crippen molar-refractivity contribution in [1.82, 2.24) is 0 Å². The Morgan fingerprint density at radius 1 is 1.10 bits per heavy atom. The molecule has 2 atom stereocenters. The van der Waals surface area contributed by atoms with Gasteiger partial charge >= 0.3 is 0 Å². The molecule has 1 aromatic carbocycles. The van der Waals surface area contributed by atoms with Crippen LogP contribution in [0, 0.1) is 24.5 Å². The summed E-state index contributed by atoms with van der Waals surface area (Å²) in [6.07, 6.45) is 3.06. The quantitative estimate of drug-likeness (QED) is 0.659. The van der Waals surface area contributed by atoms with E-state index in [9.17, 15) is 17.6 Å². The first-order valence-electron chi connectivity index (χ1n) is 6.90. The molecule has 0 saturated carbocycles. The maximum atomic E-state index is 14.5. The van der Waals surface area contributed by atoms with Crippen LogP contribution in [0.25, 0.3) is 0 Å². The summed E-state index contributed by atoms with van der Waals surface area (Å²) < 4.78 is 55.4. The number of alkyl halides is 1. The van der Waals surface area contributed by atoms with Gasteiger partial charge in [0.15, 0.2) is 0 Å². The van der Waals surface area contributed by atoms with E-state index in [1.165, 1.54) is 38.1 Å². The molecule has 1 aliphatic carbocycles. The smallest absolute Gasteiger partial charge is 0.136 e. The van der Waals surface area contributed by atoms with Crippen LogP contribution in [0.15, 0.2) is 35.7 Å². The van der Waals surface area contributed by atoms with Crippen molar-refractivity contribution in [3.8, 4) is 0 Å². The molecule has 2 rings (SSSR count).